The molecular weight excluding hydrogens is 244 g/mol. The molecule has 106 valence electrons. The average Bonchev–Trinajstić information content (AvgIpc) is 3.01. The summed E-state index contributed by atoms with van der Waals surface area (Å²) in [5, 5.41) is 3.11. The van der Waals surface area contributed by atoms with Gasteiger partial charge in [-0.3, -0.25) is 9.59 Å². The highest BCUT2D eigenvalue weighted by Crippen LogP contribution is 2.34. The molecule has 1 N–H and O–H groups in total. The molecule has 4 unspecified atom stereocenters. The molecule has 3 aliphatic heterocycles. The van der Waals surface area contributed by atoms with Crippen molar-refractivity contribution in [1.82, 2.24) is 10.2 Å². The monoisotopic (exact) mass is 266 g/mol. The Kier molecular flexibility index (Phi) is 3.48. The van der Waals surface area contributed by atoms with E-state index in [9.17, 15) is 9.59 Å². The normalized spacial score (nSPS) is 37.4. The van der Waals surface area contributed by atoms with Crippen LogP contribution in [-0.2, 0) is 14.3 Å². The van der Waals surface area contributed by atoms with Crippen LogP contribution in [0.1, 0.15) is 45.4 Å². The van der Waals surface area contributed by atoms with E-state index in [2.05, 4.69) is 5.32 Å². The van der Waals surface area contributed by atoms with Crippen LogP contribution in [0.4, 0.5) is 0 Å². The van der Waals surface area contributed by atoms with Gasteiger partial charge in [0.25, 0.3) is 0 Å². The van der Waals surface area contributed by atoms with E-state index in [1.807, 2.05) is 0 Å². The molecule has 0 aromatic heterocycles. The second-order valence-corrected chi connectivity index (χ2v) is 5.95. The third kappa shape index (κ3) is 2.48. The van der Waals surface area contributed by atoms with Crippen LogP contribution in [0.2, 0.25) is 0 Å². The molecule has 0 radical (unpaired) electrons. The number of likely N-dealkylation sites (tertiary alicyclic amines) is 1. The Morgan fingerprint density at radius 3 is 2.68 bits per heavy atom. The molecule has 3 rings (SSSR count). The van der Waals surface area contributed by atoms with Crippen molar-refractivity contribution in [1.29, 1.82) is 0 Å². The van der Waals surface area contributed by atoms with E-state index in [4.69, 9.17) is 4.74 Å². The Labute approximate surface area is 113 Å². The Hall–Kier alpha value is -1.10. The standard InChI is InChI=1S/C14H22N2O3/c1-9(17)16-7-3-2-4-12(16)14(18)15-11-8-10-5-6-13(11)19-10/h10-13H,2-8H2,1H3,(H,15,18). The maximum atomic E-state index is 12.4. The average molecular weight is 266 g/mol. The summed E-state index contributed by atoms with van der Waals surface area (Å²) in [6.45, 7) is 2.26. The van der Waals surface area contributed by atoms with Gasteiger partial charge in [0.2, 0.25) is 11.8 Å². The van der Waals surface area contributed by atoms with Crippen molar-refractivity contribution in [2.24, 2.45) is 0 Å². The maximum Gasteiger partial charge on any atom is 0.243 e. The molecule has 2 bridgehead atoms. The van der Waals surface area contributed by atoms with Crippen molar-refractivity contribution in [3.63, 3.8) is 0 Å². The molecule has 0 aromatic carbocycles. The Bertz CT molecular complexity index is 385. The second kappa shape index (κ2) is 5.12. The smallest absolute Gasteiger partial charge is 0.243 e. The van der Waals surface area contributed by atoms with Crippen LogP contribution in [0.25, 0.3) is 0 Å². The summed E-state index contributed by atoms with van der Waals surface area (Å²) >= 11 is 0. The first kappa shape index (κ1) is 12.9. The van der Waals surface area contributed by atoms with Gasteiger partial charge in [-0.1, -0.05) is 0 Å². The second-order valence-electron chi connectivity index (χ2n) is 5.95. The predicted octanol–water partition coefficient (Wildman–Crippen LogP) is 0.823. The molecule has 0 saturated carbocycles. The highest BCUT2D eigenvalue weighted by Gasteiger charge is 2.42. The van der Waals surface area contributed by atoms with Gasteiger partial charge in [0.1, 0.15) is 6.04 Å². The summed E-state index contributed by atoms with van der Waals surface area (Å²) in [5.41, 5.74) is 0. The first-order chi connectivity index (χ1) is 9.15. The fourth-order valence-electron chi connectivity index (χ4n) is 3.65. The molecule has 5 heteroatoms. The van der Waals surface area contributed by atoms with Crippen LogP contribution in [0.15, 0.2) is 0 Å². The minimum Gasteiger partial charge on any atom is -0.373 e. The number of rotatable bonds is 2. The van der Waals surface area contributed by atoms with Crippen LogP contribution < -0.4 is 5.32 Å². The SMILES string of the molecule is CC(=O)N1CCCCC1C(=O)NC1CC2CCC1O2. The van der Waals surface area contributed by atoms with E-state index in [1.54, 1.807) is 11.8 Å². The van der Waals surface area contributed by atoms with Crippen molar-refractivity contribution in [3.05, 3.63) is 0 Å². The number of fused-ring (bicyclic) bond motifs is 2. The molecule has 4 atom stereocenters. The summed E-state index contributed by atoms with van der Waals surface area (Å²) in [6, 6.07) is -0.118. The fraction of sp³-hybridized carbons (Fsp3) is 0.857. The van der Waals surface area contributed by atoms with Gasteiger partial charge in [-0.2, -0.15) is 0 Å². The molecule has 3 heterocycles. The van der Waals surface area contributed by atoms with Crippen molar-refractivity contribution >= 4 is 11.8 Å². The largest absolute Gasteiger partial charge is 0.373 e. The van der Waals surface area contributed by atoms with Crippen molar-refractivity contribution in [3.8, 4) is 0 Å². The van der Waals surface area contributed by atoms with Crippen molar-refractivity contribution < 1.29 is 14.3 Å². The molecule has 3 aliphatic rings. The van der Waals surface area contributed by atoms with E-state index in [0.717, 1.165) is 38.5 Å². The Morgan fingerprint density at radius 1 is 1.21 bits per heavy atom. The third-order valence-corrected chi connectivity index (χ3v) is 4.64. The van der Waals surface area contributed by atoms with E-state index in [0.29, 0.717) is 12.6 Å². The van der Waals surface area contributed by atoms with Crippen LogP contribution in [-0.4, -0.2) is 47.6 Å². The van der Waals surface area contributed by atoms with E-state index in [-0.39, 0.29) is 30.0 Å². The van der Waals surface area contributed by atoms with E-state index in [1.165, 1.54) is 0 Å². The predicted molar refractivity (Wildman–Crippen MR) is 69.5 cm³/mol. The molecule has 5 nitrogen and oxygen atoms in total. The number of piperidine rings is 1. The lowest BCUT2D eigenvalue weighted by molar-refractivity contribution is -0.141. The van der Waals surface area contributed by atoms with Gasteiger partial charge in [0.05, 0.1) is 18.2 Å². The number of nitrogens with zero attached hydrogens (tertiary/aromatic N) is 1. The highest BCUT2D eigenvalue weighted by molar-refractivity contribution is 5.87. The molecule has 0 spiro atoms. The van der Waals surface area contributed by atoms with E-state index < -0.39 is 0 Å². The first-order valence-electron chi connectivity index (χ1n) is 7.38. The van der Waals surface area contributed by atoms with Gasteiger partial charge in [-0.15, -0.1) is 0 Å². The molecule has 19 heavy (non-hydrogen) atoms. The van der Waals surface area contributed by atoms with Gasteiger partial charge in [0.15, 0.2) is 0 Å². The summed E-state index contributed by atoms with van der Waals surface area (Å²) in [6.07, 6.45) is 6.46. The topological polar surface area (TPSA) is 58.6 Å². The number of carbonyl (C=O) groups is 2. The number of carbonyl (C=O) groups excluding carboxylic acids is 2. The lowest BCUT2D eigenvalue weighted by atomic mass is 9.94. The van der Waals surface area contributed by atoms with Gasteiger partial charge < -0.3 is 15.0 Å². The van der Waals surface area contributed by atoms with Crippen LogP contribution in [0, 0.1) is 0 Å². The zero-order valence-electron chi connectivity index (χ0n) is 11.4. The van der Waals surface area contributed by atoms with Crippen molar-refractivity contribution in [2.45, 2.75) is 69.7 Å². The van der Waals surface area contributed by atoms with Crippen LogP contribution >= 0.6 is 0 Å². The lowest BCUT2D eigenvalue weighted by Crippen LogP contribution is -2.54. The summed E-state index contributed by atoms with van der Waals surface area (Å²) in [7, 11) is 0. The van der Waals surface area contributed by atoms with Gasteiger partial charge in [0, 0.05) is 13.5 Å². The maximum absolute atomic E-state index is 12.4. The number of nitrogens with one attached hydrogen (secondary N) is 1. The van der Waals surface area contributed by atoms with Gasteiger partial charge >= 0.3 is 0 Å². The summed E-state index contributed by atoms with van der Waals surface area (Å²) < 4.78 is 5.75. The summed E-state index contributed by atoms with van der Waals surface area (Å²) in [5.74, 6) is 0.0140. The van der Waals surface area contributed by atoms with Crippen LogP contribution in [0.3, 0.4) is 0 Å². The minimum absolute atomic E-state index is 0.00374. The zero-order chi connectivity index (χ0) is 13.4. The number of amides is 2. The molecule has 3 fully saturated rings. The molecule has 0 aliphatic carbocycles. The highest BCUT2D eigenvalue weighted by atomic mass is 16.5. The number of hydrogen-bond acceptors (Lipinski definition) is 3. The molecule has 0 aromatic rings. The first-order valence-corrected chi connectivity index (χ1v) is 7.38. The van der Waals surface area contributed by atoms with Crippen LogP contribution in [0.5, 0.6) is 0 Å². The lowest BCUT2D eigenvalue weighted by Gasteiger charge is -2.35. The number of ether oxygens (including phenoxy) is 1. The zero-order valence-corrected chi connectivity index (χ0v) is 11.4. The Morgan fingerprint density at radius 2 is 2.05 bits per heavy atom. The quantitative estimate of drug-likeness (QED) is 0.805. The molecular formula is C14H22N2O3. The minimum atomic E-state index is -0.273. The molecule has 2 amide bonds. The molecule has 3 saturated heterocycles. The third-order valence-electron chi connectivity index (χ3n) is 4.64. The number of hydrogen-bond donors (Lipinski definition) is 1. The van der Waals surface area contributed by atoms with Gasteiger partial charge in [-0.25, -0.2) is 0 Å². The summed E-state index contributed by atoms with van der Waals surface area (Å²) in [4.78, 5) is 25.7. The Balaban J connectivity index is 1.61. The van der Waals surface area contributed by atoms with Crippen molar-refractivity contribution in [2.75, 3.05) is 6.54 Å². The fourth-order valence-corrected chi connectivity index (χ4v) is 3.65. The van der Waals surface area contributed by atoms with E-state index >= 15 is 0 Å². The van der Waals surface area contributed by atoms with Gasteiger partial charge in [-0.05, 0) is 38.5 Å².